The number of aliphatic hydroxyl groups excluding tert-OH is 1. The number of fused-ring (bicyclic) bond motifs is 1. The van der Waals surface area contributed by atoms with Crippen molar-refractivity contribution in [2.75, 3.05) is 5.32 Å². The normalized spacial score (nSPS) is 19.8. The maximum Gasteiger partial charge on any atom is 0.132 e. The minimum atomic E-state index is -0.775. The van der Waals surface area contributed by atoms with Gasteiger partial charge in [-0.05, 0) is 43.2 Å². The molecule has 3 aromatic rings. The molecule has 0 fully saturated rings. The van der Waals surface area contributed by atoms with Crippen molar-refractivity contribution in [2.24, 2.45) is 0 Å². The molecule has 0 unspecified atom stereocenters. The summed E-state index contributed by atoms with van der Waals surface area (Å²) in [6, 6.07) is 26.2. The number of hydrogen-bond acceptors (Lipinski definition) is 4. The molecule has 1 aliphatic rings. The summed E-state index contributed by atoms with van der Waals surface area (Å²) < 4.78 is 12.3. The van der Waals surface area contributed by atoms with Gasteiger partial charge in [-0.2, -0.15) is 0 Å². The van der Waals surface area contributed by atoms with Crippen LogP contribution in [0.5, 0.6) is 5.75 Å². The number of benzene rings is 3. The van der Waals surface area contributed by atoms with Gasteiger partial charge in [-0.25, -0.2) is 0 Å². The van der Waals surface area contributed by atoms with E-state index >= 15 is 0 Å². The Morgan fingerprint density at radius 1 is 0.931 bits per heavy atom. The number of anilines is 1. The van der Waals surface area contributed by atoms with Crippen molar-refractivity contribution in [1.29, 1.82) is 0 Å². The highest BCUT2D eigenvalue weighted by molar-refractivity contribution is 5.53. The highest BCUT2D eigenvalue weighted by Gasteiger charge is 2.43. The second kappa shape index (κ2) is 8.27. The van der Waals surface area contributed by atoms with Crippen LogP contribution in [0, 0.1) is 0 Å². The van der Waals surface area contributed by atoms with Gasteiger partial charge in [-0.15, -0.1) is 0 Å². The van der Waals surface area contributed by atoms with Crippen LogP contribution in [0.1, 0.15) is 36.6 Å². The average molecular weight is 389 g/mol. The van der Waals surface area contributed by atoms with Gasteiger partial charge in [0.2, 0.25) is 0 Å². The zero-order chi connectivity index (χ0) is 20.3. The van der Waals surface area contributed by atoms with E-state index in [2.05, 4.69) is 17.4 Å². The summed E-state index contributed by atoms with van der Waals surface area (Å²) in [7, 11) is 0. The number of ether oxygens (including phenoxy) is 2. The van der Waals surface area contributed by atoms with E-state index in [4.69, 9.17) is 9.47 Å². The third kappa shape index (κ3) is 4.44. The van der Waals surface area contributed by atoms with Crippen molar-refractivity contribution in [1.82, 2.24) is 0 Å². The van der Waals surface area contributed by atoms with Gasteiger partial charge < -0.3 is 19.9 Å². The predicted molar refractivity (Wildman–Crippen MR) is 115 cm³/mol. The molecule has 1 aliphatic heterocycles. The Balaban J connectivity index is 1.56. The molecule has 0 amide bonds. The fourth-order valence-electron chi connectivity index (χ4n) is 3.59. The van der Waals surface area contributed by atoms with Gasteiger partial charge >= 0.3 is 0 Å². The number of nitrogens with one attached hydrogen (secondary N) is 1. The molecule has 2 N–H and O–H groups in total. The minimum Gasteiger partial charge on any atom is -0.485 e. The highest BCUT2D eigenvalue weighted by atomic mass is 16.5. The molecule has 29 heavy (non-hydrogen) atoms. The average Bonchev–Trinajstić information content (AvgIpc) is 2.74. The summed E-state index contributed by atoms with van der Waals surface area (Å²) in [6.45, 7) is 4.94. The zero-order valence-corrected chi connectivity index (χ0v) is 16.8. The van der Waals surface area contributed by atoms with Gasteiger partial charge in [0.05, 0.1) is 6.61 Å². The van der Waals surface area contributed by atoms with Crippen LogP contribution >= 0.6 is 0 Å². The van der Waals surface area contributed by atoms with Crippen molar-refractivity contribution < 1.29 is 14.6 Å². The Kier molecular flexibility index (Phi) is 5.56. The fourth-order valence-corrected chi connectivity index (χ4v) is 3.59. The zero-order valence-electron chi connectivity index (χ0n) is 16.8. The molecular formula is C25H27NO3. The molecule has 3 aromatic carbocycles. The van der Waals surface area contributed by atoms with Crippen LogP contribution in [0.2, 0.25) is 0 Å². The van der Waals surface area contributed by atoms with Crippen LogP contribution in [0.4, 0.5) is 5.69 Å². The quantitative estimate of drug-likeness (QED) is 0.617. The molecule has 0 bridgehead atoms. The van der Waals surface area contributed by atoms with Gasteiger partial charge in [-0.1, -0.05) is 60.7 Å². The summed E-state index contributed by atoms with van der Waals surface area (Å²) in [5.41, 5.74) is 3.39. The van der Waals surface area contributed by atoms with Gasteiger partial charge in [0.15, 0.2) is 0 Å². The van der Waals surface area contributed by atoms with Crippen molar-refractivity contribution in [3.8, 4) is 5.75 Å². The lowest BCUT2D eigenvalue weighted by atomic mass is 9.88. The molecule has 0 aromatic heterocycles. The lowest BCUT2D eigenvalue weighted by Gasteiger charge is -2.42. The molecule has 1 heterocycles. The maximum atomic E-state index is 10.9. The molecule has 150 valence electrons. The predicted octanol–water partition coefficient (Wildman–Crippen LogP) is 5.09. The van der Waals surface area contributed by atoms with Crippen molar-refractivity contribution in [3.05, 3.63) is 95.6 Å². The van der Waals surface area contributed by atoms with Gasteiger partial charge in [-0.3, -0.25) is 0 Å². The molecule has 0 saturated heterocycles. The lowest BCUT2D eigenvalue weighted by molar-refractivity contribution is -0.139. The van der Waals surface area contributed by atoms with E-state index in [0.29, 0.717) is 6.61 Å². The minimum absolute atomic E-state index is 0.430. The Morgan fingerprint density at radius 3 is 2.28 bits per heavy atom. The van der Waals surface area contributed by atoms with Crippen LogP contribution in [0.25, 0.3) is 0 Å². The molecule has 4 rings (SSSR count). The molecular weight excluding hydrogens is 362 g/mol. The van der Waals surface area contributed by atoms with Gasteiger partial charge in [0.25, 0.3) is 0 Å². The summed E-state index contributed by atoms with van der Waals surface area (Å²) >= 11 is 0. The Labute approximate surface area is 172 Å². The van der Waals surface area contributed by atoms with Crippen molar-refractivity contribution >= 4 is 5.69 Å². The van der Waals surface area contributed by atoms with E-state index in [-0.39, 0.29) is 0 Å². The van der Waals surface area contributed by atoms with Gasteiger partial charge in [0.1, 0.15) is 23.6 Å². The van der Waals surface area contributed by atoms with Crippen LogP contribution in [-0.2, 0) is 17.9 Å². The third-order valence-electron chi connectivity index (χ3n) is 5.30. The molecule has 0 radical (unpaired) electrons. The first-order valence-electron chi connectivity index (χ1n) is 9.97. The number of aliphatic hydroxyl groups is 1. The lowest BCUT2D eigenvalue weighted by Crippen LogP contribution is -2.49. The Morgan fingerprint density at radius 2 is 1.59 bits per heavy atom. The highest BCUT2D eigenvalue weighted by Crippen LogP contribution is 2.43. The van der Waals surface area contributed by atoms with E-state index in [1.54, 1.807) is 0 Å². The van der Waals surface area contributed by atoms with E-state index < -0.39 is 17.8 Å². The summed E-state index contributed by atoms with van der Waals surface area (Å²) in [5, 5.41) is 14.4. The van der Waals surface area contributed by atoms with Crippen LogP contribution < -0.4 is 10.1 Å². The Bertz CT molecular complexity index is 941. The van der Waals surface area contributed by atoms with E-state index in [0.717, 1.165) is 29.1 Å². The largest absolute Gasteiger partial charge is 0.485 e. The standard InChI is InChI=1S/C25H27NO3/c1-25(2)24(27)23(28-17-19-11-7-4-8-12-19)21-15-20(13-14-22(21)29-25)26-16-18-9-5-3-6-10-18/h3-15,23-24,26-27H,16-17H2,1-2H3/t23-,24+/m1/s1. The first kappa shape index (κ1) is 19.5. The first-order chi connectivity index (χ1) is 14.0. The Hall–Kier alpha value is -2.82. The van der Waals surface area contributed by atoms with Crippen LogP contribution in [0.15, 0.2) is 78.9 Å². The van der Waals surface area contributed by atoms with Gasteiger partial charge in [0, 0.05) is 17.8 Å². The molecule has 0 aliphatic carbocycles. The number of hydrogen-bond donors (Lipinski definition) is 2. The monoisotopic (exact) mass is 389 g/mol. The summed E-state index contributed by atoms with van der Waals surface area (Å²) in [4.78, 5) is 0. The van der Waals surface area contributed by atoms with Crippen molar-refractivity contribution in [2.45, 2.75) is 44.8 Å². The van der Waals surface area contributed by atoms with Crippen molar-refractivity contribution in [3.63, 3.8) is 0 Å². The van der Waals surface area contributed by atoms with Crippen LogP contribution in [-0.4, -0.2) is 16.8 Å². The van der Waals surface area contributed by atoms with E-state index in [1.807, 2.05) is 80.6 Å². The maximum absolute atomic E-state index is 10.9. The van der Waals surface area contributed by atoms with E-state index in [1.165, 1.54) is 5.56 Å². The topological polar surface area (TPSA) is 50.7 Å². The molecule has 2 atom stereocenters. The molecule has 4 heteroatoms. The van der Waals surface area contributed by atoms with E-state index in [9.17, 15) is 5.11 Å². The smallest absolute Gasteiger partial charge is 0.132 e. The molecule has 0 spiro atoms. The fraction of sp³-hybridized carbons (Fsp3) is 0.280. The SMILES string of the molecule is CC1(C)Oc2ccc(NCc3ccccc3)cc2[C@@H](OCc2ccccc2)[C@@H]1O. The second-order valence-corrected chi connectivity index (χ2v) is 7.96. The summed E-state index contributed by atoms with van der Waals surface area (Å²) in [6.07, 6.45) is -1.24. The molecule has 0 saturated carbocycles. The summed E-state index contributed by atoms with van der Waals surface area (Å²) in [5.74, 6) is 0.753. The van der Waals surface area contributed by atoms with Crippen LogP contribution in [0.3, 0.4) is 0 Å². The number of rotatable bonds is 6. The second-order valence-electron chi connectivity index (χ2n) is 7.96. The first-order valence-corrected chi connectivity index (χ1v) is 9.97. The third-order valence-corrected chi connectivity index (χ3v) is 5.30. The molecule has 4 nitrogen and oxygen atoms in total.